The van der Waals surface area contributed by atoms with Gasteiger partial charge in [0.15, 0.2) is 5.13 Å². The van der Waals surface area contributed by atoms with Crippen molar-refractivity contribution in [3.63, 3.8) is 0 Å². The summed E-state index contributed by atoms with van der Waals surface area (Å²) in [7, 11) is 0. The van der Waals surface area contributed by atoms with Gasteiger partial charge in [-0.25, -0.2) is 15.0 Å². The van der Waals surface area contributed by atoms with Gasteiger partial charge >= 0.3 is 0 Å². The summed E-state index contributed by atoms with van der Waals surface area (Å²) in [6, 6.07) is 8.87. The van der Waals surface area contributed by atoms with Crippen molar-refractivity contribution in [1.82, 2.24) is 15.0 Å². The Morgan fingerprint density at radius 1 is 1.09 bits per heavy atom. The first-order valence-electron chi connectivity index (χ1n) is 11.4. The number of hydrogen-bond acceptors (Lipinski definition) is 6. The fourth-order valence-corrected chi connectivity index (χ4v) is 6.50. The van der Waals surface area contributed by atoms with Gasteiger partial charge in [-0.2, -0.15) is 0 Å². The number of aromatic nitrogens is 3. The van der Waals surface area contributed by atoms with Gasteiger partial charge in [-0.1, -0.05) is 58.9 Å². The van der Waals surface area contributed by atoms with Gasteiger partial charge in [0.1, 0.15) is 17.0 Å². The van der Waals surface area contributed by atoms with E-state index in [1.165, 1.54) is 33.7 Å². The number of thiophene rings is 1. The van der Waals surface area contributed by atoms with E-state index in [9.17, 15) is 0 Å². The molecular formula is C26H30N4S2. The fourth-order valence-electron chi connectivity index (χ4n) is 4.50. The lowest BCUT2D eigenvalue weighted by molar-refractivity contribution is 0.217. The molecule has 166 valence electrons. The minimum Gasteiger partial charge on any atom is -0.316 e. The number of anilines is 2. The normalized spacial score (nSPS) is 16.5. The highest BCUT2D eigenvalue weighted by Gasteiger charge is 2.30. The topological polar surface area (TPSA) is 50.7 Å². The SMILES string of the molecule is CC(C)c1ccc(-c2csc3ncnc(Nc4nc5c(s4)CC(C(C)(C)C)CC5)c23)cc1. The number of hydrogen-bond donors (Lipinski definition) is 1. The van der Waals surface area contributed by atoms with Crippen LogP contribution in [0.25, 0.3) is 21.3 Å². The average Bonchev–Trinajstić information content (AvgIpc) is 3.37. The number of benzene rings is 1. The van der Waals surface area contributed by atoms with Crippen molar-refractivity contribution in [3.05, 3.63) is 52.1 Å². The van der Waals surface area contributed by atoms with E-state index in [0.717, 1.165) is 34.0 Å². The molecule has 0 radical (unpaired) electrons. The summed E-state index contributed by atoms with van der Waals surface area (Å²) in [5.74, 6) is 2.08. The van der Waals surface area contributed by atoms with Crippen molar-refractivity contribution in [2.24, 2.45) is 11.3 Å². The highest BCUT2D eigenvalue weighted by molar-refractivity contribution is 7.17. The van der Waals surface area contributed by atoms with Gasteiger partial charge in [0.2, 0.25) is 0 Å². The van der Waals surface area contributed by atoms with Gasteiger partial charge in [-0.05, 0) is 47.6 Å². The maximum absolute atomic E-state index is 4.94. The van der Waals surface area contributed by atoms with Gasteiger partial charge in [0.25, 0.3) is 0 Å². The molecule has 4 nitrogen and oxygen atoms in total. The third kappa shape index (κ3) is 4.06. The molecule has 0 bridgehead atoms. The molecule has 1 aliphatic rings. The predicted molar refractivity (Wildman–Crippen MR) is 137 cm³/mol. The molecule has 0 aliphatic heterocycles. The standard InChI is InChI=1S/C26H30N4S2/c1-15(2)16-6-8-17(9-7-16)19-13-31-24-22(19)23(27-14-28-24)30-25-29-20-11-10-18(26(3,4)5)12-21(20)32-25/h6-9,13-15,18H,10-12H2,1-5H3,(H,27,28,29,30). The zero-order valence-electron chi connectivity index (χ0n) is 19.4. The number of rotatable bonds is 4. The summed E-state index contributed by atoms with van der Waals surface area (Å²) >= 11 is 3.46. The Morgan fingerprint density at radius 2 is 1.88 bits per heavy atom. The molecule has 3 aromatic heterocycles. The lowest BCUT2D eigenvalue weighted by Gasteiger charge is -2.33. The lowest BCUT2D eigenvalue weighted by Crippen LogP contribution is -2.26. The molecular weight excluding hydrogens is 432 g/mol. The molecule has 0 amide bonds. The molecule has 5 rings (SSSR count). The molecule has 3 heterocycles. The van der Waals surface area contributed by atoms with Crippen molar-refractivity contribution in [3.8, 4) is 11.1 Å². The second-order valence-electron chi connectivity index (χ2n) is 10.1. The number of nitrogens with one attached hydrogen (secondary N) is 1. The molecule has 4 aromatic rings. The van der Waals surface area contributed by atoms with Crippen molar-refractivity contribution in [2.45, 2.75) is 59.8 Å². The summed E-state index contributed by atoms with van der Waals surface area (Å²) in [6.07, 6.45) is 5.07. The number of thiazole rings is 1. The zero-order valence-corrected chi connectivity index (χ0v) is 21.0. The van der Waals surface area contributed by atoms with Crippen LogP contribution in [0.1, 0.15) is 63.1 Å². The number of aryl methyl sites for hydroxylation is 1. The lowest BCUT2D eigenvalue weighted by atomic mass is 9.73. The zero-order chi connectivity index (χ0) is 22.5. The first-order chi connectivity index (χ1) is 15.3. The minimum absolute atomic E-state index is 0.338. The van der Waals surface area contributed by atoms with E-state index < -0.39 is 0 Å². The summed E-state index contributed by atoms with van der Waals surface area (Å²) in [6.45, 7) is 11.5. The highest BCUT2D eigenvalue weighted by Crippen LogP contribution is 2.42. The van der Waals surface area contributed by atoms with Crippen LogP contribution in [0.15, 0.2) is 36.0 Å². The Hall–Kier alpha value is -2.31. The summed E-state index contributed by atoms with van der Waals surface area (Å²) in [4.78, 5) is 16.5. The third-order valence-electron chi connectivity index (χ3n) is 6.65. The van der Waals surface area contributed by atoms with Crippen LogP contribution in [0, 0.1) is 11.3 Å². The van der Waals surface area contributed by atoms with E-state index >= 15 is 0 Å². The quantitative estimate of drug-likeness (QED) is 0.336. The molecule has 0 fully saturated rings. The van der Waals surface area contributed by atoms with E-state index in [2.05, 4.69) is 79.5 Å². The molecule has 0 saturated carbocycles. The maximum atomic E-state index is 4.94. The van der Waals surface area contributed by atoms with E-state index in [4.69, 9.17) is 4.98 Å². The summed E-state index contributed by atoms with van der Waals surface area (Å²) in [5, 5.41) is 7.76. The van der Waals surface area contributed by atoms with Crippen molar-refractivity contribution in [2.75, 3.05) is 5.32 Å². The molecule has 1 atom stereocenters. The fraction of sp³-hybridized carbons (Fsp3) is 0.423. The smallest absolute Gasteiger partial charge is 0.188 e. The second kappa shape index (κ2) is 8.23. The number of nitrogens with zero attached hydrogens (tertiary/aromatic N) is 3. The third-order valence-corrected chi connectivity index (χ3v) is 8.57. The van der Waals surface area contributed by atoms with Gasteiger partial charge in [-0.3, -0.25) is 0 Å². The number of fused-ring (bicyclic) bond motifs is 2. The van der Waals surface area contributed by atoms with Gasteiger partial charge in [0.05, 0.1) is 11.1 Å². The predicted octanol–water partition coefficient (Wildman–Crippen LogP) is 7.83. The molecule has 1 unspecified atom stereocenters. The van der Waals surface area contributed by atoms with E-state index in [-0.39, 0.29) is 0 Å². The van der Waals surface area contributed by atoms with Gasteiger partial charge < -0.3 is 5.32 Å². The van der Waals surface area contributed by atoms with E-state index in [1.54, 1.807) is 29.0 Å². The van der Waals surface area contributed by atoms with Crippen LogP contribution < -0.4 is 5.32 Å². The highest BCUT2D eigenvalue weighted by atomic mass is 32.1. The Bertz CT molecular complexity index is 1250. The molecule has 32 heavy (non-hydrogen) atoms. The van der Waals surface area contributed by atoms with Crippen molar-refractivity contribution >= 4 is 43.8 Å². The van der Waals surface area contributed by atoms with Crippen LogP contribution in [-0.2, 0) is 12.8 Å². The monoisotopic (exact) mass is 462 g/mol. The maximum Gasteiger partial charge on any atom is 0.188 e. The molecule has 1 aliphatic carbocycles. The summed E-state index contributed by atoms with van der Waals surface area (Å²) in [5.41, 5.74) is 5.33. The largest absolute Gasteiger partial charge is 0.316 e. The molecule has 1 aromatic carbocycles. The van der Waals surface area contributed by atoms with Gasteiger partial charge in [0, 0.05) is 15.8 Å². The van der Waals surface area contributed by atoms with Crippen LogP contribution in [0.4, 0.5) is 10.9 Å². The average molecular weight is 463 g/mol. The Balaban J connectivity index is 1.47. The molecule has 0 spiro atoms. The van der Waals surface area contributed by atoms with Crippen molar-refractivity contribution < 1.29 is 0 Å². The first kappa shape index (κ1) is 21.5. The van der Waals surface area contributed by atoms with Crippen LogP contribution in [0.5, 0.6) is 0 Å². The van der Waals surface area contributed by atoms with Gasteiger partial charge in [-0.15, -0.1) is 22.7 Å². The van der Waals surface area contributed by atoms with Crippen molar-refractivity contribution in [1.29, 1.82) is 0 Å². The first-order valence-corrected chi connectivity index (χ1v) is 13.1. The summed E-state index contributed by atoms with van der Waals surface area (Å²) < 4.78 is 0. The molecule has 6 heteroatoms. The minimum atomic E-state index is 0.338. The van der Waals surface area contributed by atoms with Crippen LogP contribution >= 0.6 is 22.7 Å². The van der Waals surface area contributed by atoms with E-state index in [0.29, 0.717) is 17.3 Å². The Kier molecular flexibility index (Phi) is 5.54. The Morgan fingerprint density at radius 3 is 2.59 bits per heavy atom. The van der Waals surface area contributed by atoms with E-state index in [1.807, 2.05) is 0 Å². The van der Waals surface area contributed by atoms with Crippen LogP contribution in [-0.4, -0.2) is 15.0 Å². The second-order valence-corrected chi connectivity index (χ2v) is 12.1. The molecule has 1 N–H and O–H groups in total. The van der Waals surface area contributed by atoms with Crippen LogP contribution in [0.2, 0.25) is 0 Å². The van der Waals surface area contributed by atoms with Crippen LogP contribution in [0.3, 0.4) is 0 Å². The molecule has 0 saturated heterocycles. The Labute approximate surface area is 198 Å².